The van der Waals surface area contributed by atoms with E-state index in [0.29, 0.717) is 28.5 Å². The molecule has 0 spiro atoms. The van der Waals surface area contributed by atoms with Gasteiger partial charge in [-0.05, 0) is 48.5 Å². The maximum atomic E-state index is 13.0. The van der Waals surface area contributed by atoms with E-state index in [2.05, 4.69) is 13.5 Å². The van der Waals surface area contributed by atoms with Crippen LogP contribution in [-0.4, -0.2) is 0 Å². The first kappa shape index (κ1) is 15.2. The summed E-state index contributed by atoms with van der Waals surface area (Å²) in [6.07, 6.45) is 0. The van der Waals surface area contributed by atoms with Crippen molar-refractivity contribution in [3.05, 3.63) is 60.2 Å². The standard InChI is InChI=1S/C12H8F2N3O2P3/c13-9-1-5-11(6-2-9)18-22(16-20-15-21-17-22)19-12-7-3-10(14)4-8-12/h1-8H. The summed E-state index contributed by atoms with van der Waals surface area (Å²) in [6, 6.07) is 11.0. The quantitative estimate of drug-likeness (QED) is 0.589. The molecule has 0 amide bonds. The average Bonchev–Trinajstić information content (AvgIpc) is 2.53. The van der Waals surface area contributed by atoms with Gasteiger partial charge in [0.2, 0.25) is 0 Å². The van der Waals surface area contributed by atoms with Gasteiger partial charge >= 0.3 is 7.66 Å². The average molecular weight is 357 g/mol. The Hall–Kier alpha value is -1.67. The molecule has 1 aliphatic heterocycles. The molecule has 1 heterocycles. The van der Waals surface area contributed by atoms with E-state index in [1.165, 1.54) is 48.5 Å². The van der Waals surface area contributed by atoms with E-state index in [9.17, 15) is 8.78 Å². The van der Waals surface area contributed by atoms with Gasteiger partial charge in [-0.1, -0.05) is 0 Å². The summed E-state index contributed by atoms with van der Waals surface area (Å²) >= 11 is 0. The van der Waals surface area contributed by atoms with Crippen LogP contribution in [0.5, 0.6) is 11.5 Å². The van der Waals surface area contributed by atoms with Gasteiger partial charge in [0.1, 0.15) is 23.1 Å². The molecule has 0 atom stereocenters. The molecule has 0 aromatic heterocycles. The summed E-state index contributed by atoms with van der Waals surface area (Å²) in [5.41, 5.74) is 0. The molecule has 22 heavy (non-hydrogen) atoms. The number of hydrogen-bond donors (Lipinski definition) is 0. The lowest BCUT2D eigenvalue weighted by molar-refractivity contribution is 0.476. The molecule has 112 valence electrons. The lowest BCUT2D eigenvalue weighted by Gasteiger charge is -2.20. The monoisotopic (exact) mass is 357 g/mol. The zero-order valence-electron chi connectivity index (χ0n) is 10.9. The second-order valence-electron chi connectivity index (χ2n) is 4.03. The van der Waals surface area contributed by atoms with Crippen molar-refractivity contribution in [2.45, 2.75) is 0 Å². The number of nitrogens with zero attached hydrogens (tertiary/aromatic N) is 3. The van der Waals surface area contributed by atoms with E-state index in [1.807, 2.05) is 0 Å². The lowest BCUT2D eigenvalue weighted by atomic mass is 10.3. The molecule has 0 radical (unpaired) electrons. The van der Waals surface area contributed by atoms with E-state index >= 15 is 0 Å². The van der Waals surface area contributed by atoms with Crippen LogP contribution in [-0.2, 0) is 0 Å². The van der Waals surface area contributed by atoms with Crippen molar-refractivity contribution in [3.8, 4) is 11.5 Å². The number of rotatable bonds is 4. The Morgan fingerprint density at radius 2 is 1.27 bits per heavy atom. The summed E-state index contributed by atoms with van der Waals surface area (Å²) in [7, 11) is -2.09. The third-order valence-electron chi connectivity index (χ3n) is 2.46. The molecule has 5 nitrogen and oxygen atoms in total. The third-order valence-corrected chi connectivity index (χ3v) is 6.45. The van der Waals surface area contributed by atoms with E-state index in [1.54, 1.807) is 0 Å². The van der Waals surface area contributed by atoms with Gasteiger partial charge in [0.05, 0.1) is 0 Å². The predicted molar refractivity (Wildman–Crippen MR) is 82.1 cm³/mol. The molecule has 2 aromatic carbocycles. The van der Waals surface area contributed by atoms with Crippen molar-refractivity contribution in [1.29, 1.82) is 0 Å². The molecule has 0 saturated heterocycles. The van der Waals surface area contributed by atoms with Crippen molar-refractivity contribution < 1.29 is 17.8 Å². The Balaban J connectivity index is 1.90. The largest absolute Gasteiger partial charge is 0.459 e. The number of hydrogen-bond acceptors (Lipinski definition) is 5. The minimum Gasteiger partial charge on any atom is -0.413 e. The zero-order chi connectivity index (χ0) is 15.4. The Labute approximate surface area is 128 Å². The van der Waals surface area contributed by atoms with Crippen LogP contribution in [0.15, 0.2) is 62.1 Å². The van der Waals surface area contributed by atoms with Crippen LogP contribution in [0.1, 0.15) is 0 Å². The van der Waals surface area contributed by atoms with Crippen molar-refractivity contribution in [3.63, 3.8) is 0 Å². The first-order chi connectivity index (χ1) is 10.7. The third kappa shape index (κ3) is 3.75. The topological polar surface area (TPSA) is 55.5 Å². The molecule has 10 heteroatoms. The molecule has 1 aliphatic rings. The minimum absolute atomic E-state index is 0.372. The molecular formula is C12H8F2N3O2P3. The minimum atomic E-state index is -2.98. The van der Waals surface area contributed by atoms with Gasteiger partial charge in [0, 0.05) is 0 Å². The van der Waals surface area contributed by atoms with E-state index in [4.69, 9.17) is 9.05 Å². The van der Waals surface area contributed by atoms with Crippen LogP contribution in [0, 0.1) is 11.6 Å². The zero-order valence-corrected chi connectivity index (χ0v) is 13.6. The van der Waals surface area contributed by atoms with E-state index < -0.39 is 7.66 Å². The molecule has 0 aliphatic carbocycles. The highest BCUT2D eigenvalue weighted by Gasteiger charge is 2.27. The summed E-state index contributed by atoms with van der Waals surface area (Å²) in [6.45, 7) is 0. The second-order valence-corrected chi connectivity index (χ2v) is 7.88. The molecule has 2 aromatic rings. The molecular weight excluding hydrogens is 349 g/mol. The van der Waals surface area contributed by atoms with Crippen molar-refractivity contribution in [2.75, 3.05) is 0 Å². The predicted octanol–water partition coefficient (Wildman–Crippen LogP) is 6.47. The molecule has 0 N–H and O–H groups in total. The SMILES string of the molecule is Fc1ccc(OP2(Oc3ccc(F)cc3)=NP=NP=N2)cc1. The Kier molecular flexibility index (Phi) is 4.58. The molecule has 0 bridgehead atoms. The fourth-order valence-corrected chi connectivity index (χ4v) is 5.29. The van der Waals surface area contributed by atoms with Gasteiger partial charge in [0.15, 0.2) is 17.0 Å². The molecule has 0 saturated carbocycles. The molecule has 0 unspecified atom stereocenters. The van der Waals surface area contributed by atoms with Gasteiger partial charge in [-0.15, -0.1) is 9.03 Å². The molecule has 0 fully saturated rings. The van der Waals surface area contributed by atoms with Crippen LogP contribution in [0.25, 0.3) is 0 Å². The maximum Gasteiger partial charge on any atom is 0.459 e. The Morgan fingerprint density at radius 1 is 0.773 bits per heavy atom. The smallest absolute Gasteiger partial charge is 0.413 e. The summed E-state index contributed by atoms with van der Waals surface area (Å²) < 4.78 is 49.8. The summed E-state index contributed by atoms with van der Waals surface area (Å²) in [4.78, 5) is 0. The van der Waals surface area contributed by atoms with Crippen LogP contribution in [0.3, 0.4) is 0 Å². The number of halogens is 2. The van der Waals surface area contributed by atoms with Crippen molar-refractivity contribution in [2.24, 2.45) is 13.5 Å². The van der Waals surface area contributed by atoms with Crippen molar-refractivity contribution in [1.82, 2.24) is 0 Å². The van der Waals surface area contributed by atoms with Crippen LogP contribution in [0.4, 0.5) is 8.78 Å². The first-order valence-electron chi connectivity index (χ1n) is 5.99. The normalized spacial score (nSPS) is 16.6. The maximum absolute atomic E-state index is 13.0. The van der Waals surface area contributed by atoms with Crippen molar-refractivity contribution >= 4 is 24.7 Å². The summed E-state index contributed by atoms with van der Waals surface area (Å²) in [5.74, 6) is 0.0270. The van der Waals surface area contributed by atoms with Crippen LogP contribution in [0.2, 0.25) is 0 Å². The summed E-state index contributed by atoms with van der Waals surface area (Å²) in [5, 5.41) is 0. The van der Waals surface area contributed by atoms with E-state index in [-0.39, 0.29) is 11.6 Å². The van der Waals surface area contributed by atoms with Gasteiger partial charge < -0.3 is 9.05 Å². The first-order valence-corrected chi connectivity index (χ1v) is 9.12. The fourth-order valence-electron chi connectivity index (χ4n) is 1.53. The Morgan fingerprint density at radius 3 is 1.68 bits per heavy atom. The highest BCUT2D eigenvalue weighted by molar-refractivity contribution is 7.65. The highest BCUT2D eigenvalue weighted by atomic mass is 31.2. The van der Waals surface area contributed by atoms with Gasteiger partial charge in [0.25, 0.3) is 0 Å². The van der Waals surface area contributed by atoms with Crippen LogP contribution >= 0.6 is 24.7 Å². The Bertz CT molecular complexity index is 728. The van der Waals surface area contributed by atoms with Gasteiger partial charge in [-0.3, -0.25) is 0 Å². The van der Waals surface area contributed by atoms with Gasteiger partial charge in [-0.2, -0.15) is 4.52 Å². The fraction of sp³-hybridized carbons (Fsp3) is 0. The second kappa shape index (κ2) is 6.62. The highest BCUT2D eigenvalue weighted by Crippen LogP contribution is 2.59. The lowest BCUT2D eigenvalue weighted by Crippen LogP contribution is -1.98. The number of benzene rings is 2. The van der Waals surface area contributed by atoms with E-state index in [0.717, 1.165) is 0 Å². The molecule has 3 rings (SSSR count). The van der Waals surface area contributed by atoms with Crippen LogP contribution < -0.4 is 9.05 Å². The van der Waals surface area contributed by atoms with Gasteiger partial charge in [-0.25, -0.2) is 8.78 Å².